The summed E-state index contributed by atoms with van der Waals surface area (Å²) >= 11 is 0. The fourth-order valence-electron chi connectivity index (χ4n) is 2.87. The molecule has 1 N–H and O–H groups in total. The standard InChI is InChI=1S/C18H16N4O2/c1-11-18(23)20-17-14-5-3-4-6-15(14)19-16(22(17)21-11)12-7-9-13(24-2)10-8-12/h3-10,16,19H,1-2H3. The third kappa shape index (κ3) is 2.23. The van der Waals surface area contributed by atoms with Crippen molar-refractivity contribution in [2.75, 3.05) is 12.4 Å². The Hall–Kier alpha value is -3.15. The zero-order chi connectivity index (χ0) is 16.7. The first-order valence-corrected chi connectivity index (χ1v) is 7.65. The fraction of sp³-hybridized carbons (Fsp3) is 0.167. The van der Waals surface area contributed by atoms with Crippen LogP contribution in [0.4, 0.5) is 5.69 Å². The maximum absolute atomic E-state index is 12.0. The van der Waals surface area contributed by atoms with Crippen LogP contribution in [0.3, 0.4) is 0 Å². The van der Waals surface area contributed by atoms with E-state index in [0.717, 1.165) is 22.6 Å². The third-order valence-electron chi connectivity index (χ3n) is 4.13. The fourth-order valence-corrected chi connectivity index (χ4v) is 2.87. The molecular formula is C18H16N4O2. The smallest absolute Gasteiger partial charge is 0.294 e. The number of nitrogens with zero attached hydrogens (tertiary/aromatic N) is 3. The molecule has 120 valence electrons. The molecule has 0 fully saturated rings. The number of benzene rings is 2. The number of aromatic nitrogens is 3. The van der Waals surface area contributed by atoms with E-state index >= 15 is 0 Å². The van der Waals surface area contributed by atoms with Gasteiger partial charge in [0.25, 0.3) is 5.56 Å². The van der Waals surface area contributed by atoms with Gasteiger partial charge in [0.15, 0.2) is 5.82 Å². The normalized spacial score (nSPS) is 15.2. The van der Waals surface area contributed by atoms with Crippen LogP contribution in [0.25, 0.3) is 11.4 Å². The Balaban J connectivity index is 1.91. The summed E-state index contributed by atoms with van der Waals surface area (Å²) in [6, 6.07) is 15.5. The lowest BCUT2D eigenvalue weighted by Crippen LogP contribution is -2.32. The van der Waals surface area contributed by atoms with Crippen LogP contribution in [-0.4, -0.2) is 21.9 Å². The van der Waals surface area contributed by atoms with E-state index < -0.39 is 0 Å². The summed E-state index contributed by atoms with van der Waals surface area (Å²) in [6.45, 7) is 1.67. The molecule has 2 aromatic carbocycles. The molecule has 0 aliphatic carbocycles. The highest BCUT2D eigenvalue weighted by molar-refractivity contribution is 5.76. The van der Waals surface area contributed by atoms with Gasteiger partial charge < -0.3 is 10.1 Å². The predicted octanol–water partition coefficient (Wildman–Crippen LogP) is 2.59. The van der Waals surface area contributed by atoms with Crippen molar-refractivity contribution in [1.29, 1.82) is 0 Å². The molecule has 6 heteroatoms. The van der Waals surface area contributed by atoms with Crippen LogP contribution >= 0.6 is 0 Å². The quantitative estimate of drug-likeness (QED) is 0.786. The van der Waals surface area contributed by atoms with Gasteiger partial charge in [0.2, 0.25) is 0 Å². The van der Waals surface area contributed by atoms with Crippen molar-refractivity contribution < 1.29 is 4.74 Å². The SMILES string of the molecule is COc1ccc(C2Nc3ccccc3-c3nc(=O)c(C)nn32)cc1. The van der Waals surface area contributed by atoms with Crippen LogP contribution in [0.15, 0.2) is 53.3 Å². The van der Waals surface area contributed by atoms with Gasteiger partial charge in [0, 0.05) is 11.3 Å². The molecule has 1 aromatic heterocycles. The van der Waals surface area contributed by atoms with Crippen LogP contribution in [0.1, 0.15) is 17.4 Å². The zero-order valence-corrected chi connectivity index (χ0v) is 13.4. The lowest BCUT2D eigenvalue weighted by molar-refractivity contribution is 0.414. The number of rotatable bonds is 2. The van der Waals surface area contributed by atoms with E-state index in [1.165, 1.54) is 0 Å². The van der Waals surface area contributed by atoms with Crippen LogP contribution < -0.4 is 15.6 Å². The number of nitrogens with one attached hydrogen (secondary N) is 1. The second-order valence-electron chi connectivity index (χ2n) is 5.64. The number of aryl methyl sites for hydroxylation is 1. The molecule has 0 saturated heterocycles. The highest BCUT2D eigenvalue weighted by Gasteiger charge is 2.26. The molecule has 1 atom stereocenters. The van der Waals surface area contributed by atoms with Gasteiger partial charge in [-0.2, -0.15) is 10.1 Å². The zero-order valence-electron chi connectivity index (χ0n) is 13.4. The number of hydrogen-bond donors (Lipinski definition) is 1. The van der Waals surface area contributed by atoms with Crippen LogP contribution in [0, 0.1) is 6.92 Å². The summed E-state index contributed by atoms with van der Waals surface area (Å²) in [5.41, 5.74) is 2.87. The van der Waals surface area contributed by atoms with Crippen molar-refractivity contribution in [3.8, 4) is 17.1 Å². The van der Waals surface area contributed by atoms with Crippen molar-refractivity contribution in [3.63, 3.8) is 0 Å². The topological polar surface area (TPSA) is 69.0 Å². The molecule has 0 bridgehead atoms. The first kappa shape index (κ1) is 14.4. The Labute approximate surface area is 138 Å². The summed E-state index contributed by atoms with van der Waals surface area (Å²) in [6.07, 6.45) is -0.243. The van der Waals surface area contributed by atoms with Crippen LogP contribution in [0.5, 0.6) is 5.75 Å². The van der Waals surface area contributed by atoms with Crippen LogP contribution in [0.2, 0.25) is 0 Å². The minimum Gasteiger partial charge on any atom is -0.497 e. The van der Waals surface area contributed by atoms with Crippen molar-refractivity contribution in [1.82, 2.24) is 14.8 Å². The number of ether oxygens (including phenoxy) is 1. The van der Waals surface area contributed by atoms with Gasteiger partial charge in [-0.1, -0.05) is 24.3 Å². The van der Waals surface area contributed by atoms with Gasteiger partial charge in [0.05, 0.1) is 7.11 Å². The summed E-state index contributed by atoms with van der Waals surface area (Å²) < 4.78 is 6.99. The minimum absolute atomic E-state index is 0.243. The average Bonchev–Trinajstić information content (AvgIpc) is 2.62. The molecule has 6 nitrogen and oxygen atoms in total. The van der Waals surface area contributed by atoms with E-state index in [2.05, 4.69) is 15.4 Å². The van der Waals surface area contributed by atoms with Gasteiger partial charge in [-0.3, -0.25) is 4.79 Å². The Bertz CT molecular complexity index is 963. The maximum Gasteiger partial charge on any atom is 0.294 e. The van der Waals surface area contributed by atoms with Gasteiger partial charge >= 0.3 is 0 Å². The molecule has 0 spiro atoms. The van der Waals surface area contributed by atoms with E-state index in [0.29, 0.717) is 11.5 Å². The Kier molecular flexibility index (Phi) is 3.30. The summed E-state index contributed by atoms with van der Waals surface area (Å²) in [4.78, 5) is 16.2. The van der Waals surface area contributed by atoms with Crippen molar-refractivity contribution in [2.24, 2.45) is 0 Å². The predicted molar refractivity (Wildman–Crippen MR) is 91.2 cm³/mol. The Morgan fingerprint density at radius 2 is 1.88 bits per heavy atom. The molecule has 3 aromatic rings. The summed E-state index contributed by atoms with van der Waals surface area (Å²) in [7, 11) is 1.64. The van der Waals surface area contributed by atoms with Crippen molar-refractivity contribution in [3.05, 3.63) is 70.1 Å². The molecule has 4 rings (SSSR count). The lowest BCUT2D eigenvalue weighted by Gasteiger charge is -2.30. The van der Waals surface area contributed by atoms with Crippen molar-refractivity contribution >= 4 is 5.69 Å². The Morgan fingerprint density at radius 3 is 2.62 bits per heavy atom. The molecule has 1 unspecified atom stereocenters. The van der Waals surface area contributed by atoms with Crippen molar-refractivity contribution in [2.45, 2.75) is 13.1 Å². The van der Waals surface area contributed by atoms with Gasteiger partial charge in [0.1, 0.15) is 17.6 Å². The molecule has 0 amide bonds. The molecule has 1 aliphatic heterocycles. The third-order valence-corrected chi connectivity index (χ3v) is 4.13. The first-order chi connectivity index (χ1) is 11.7. The number of anilines is 1. The Morgan fingerprint density at radius 1 is 1.12 bits per heavy atom. The second-order valence-corrected chi connectivity index (χ2v) is 5.64. The van der Waals surface area contributed by atoms with E-state index in [1.54, 1.807) is 18.7 Å². The molecule has 24 heavy (non-hydrogen) atoms. The first-order valence-electron chi connectivity index (χ1n) is 7.65. The van der Waals surface area contributed by atoms with Gasteiger partial charge in [-0.25, -0.2) is 4.68 Å². The van der Waals surface area contributed by atoms with E-state index in [9.17, 15) is 4.79 Å². The monoisotopic (exact) mass is 320 g/mol. The molecule has 1 aliphatic rings. The number of para-hydroxylation sites is 1. The van der Waals surface area contributed by atoms with Gasteiger partial charge in [-0.05, 0) is 36.8 Å². The highest BCUT2D eigenvalue weighted by Crippen LogP contribution is 2.36. The van der Waals surface area contributed by atoms with Gasteiger partial charge in [-0.15, -0.1) is 0 Å². The molecule has 0 saturated carbocycles. The largest absolute Gasteiger partial charge is 0.497 e. The number of methoxy groups -OCH3 is 1. The molecule has 2 heterocycles. The maximum atomic E-state index is 12.0. The average molecular weight is 320 g/mol. The number of hydrogen-bond acceptors (Lipinski definition) is 5. The van der Waals surface area contributed by atoms with Crippen LogP contribution in [-0.2, 0) is 0 Å². The molecular weight excluding hydrogens is 304 g/mol. The highest BCUT2D eigenvalue weighted by atomic mass is 16.5. The second kappa shape index (κ2) is 5.49. The lowest BCUT2D eigenvalue weighted by atomic mass is 10.1. The van der Waals surface area contributed by atoms with E-state index in [1.807, 2.05) is 48.5 Å². The number of fused-ring (bicyclic) bond motifs is 3. The molecule has 0 radical (unpaired) electrons. The van der Waals surface area contributed by atoms with E-state index in [4.69, 9.17) is 4.74 Å². The summed E-state index contributed by atoms with van der Waals surface area (Å²) in [5, 5.41) is 7.93. The summed E-state index contributed by atoms with van der Waals surface area (Å²) in [5.74, 6) is 1.36. The van der Waals surface area contributed by atoms with E-state index in [-0.39, 0.29) is 11.7 Å². The minimum atomic E-state index is -0.300.